The Hall–Kier alpha value is -3.03. The van der Waals surface area contributed by atoms with Gasteiger partial charge < -0.3 is 4.74 Å². The molecule has 0 aliphatic rings. The Labute approximate surface area is 181 Å². The van der Waals surface area contributed by atoms with Crippen LogP contribution in [0.25, 0.3) is 11.0 Å². The lowest BCUT2D eigenvalue weighted by atomic mass is 10.1. The van der Waals surface area contributed by atoms with Crippen LogP contribution in [0, 0.1) is 0 Å². The van der Waals surface area contributed by atoms with E-state index in [0.29, 0.717) is 16.2 Å². The third kappa shape index (κ3) is 4.42. The largest absolute Gasteiger partial charge is 0.494 e. The Morgan fingerprint density at radius 1 is 1.10 bits per heavy atom. The van der Waals surface area contributed by atoms with Crippen molar-refractivity contribution in [1.29, 1.82) is 0 Å². The number of ether oxygens (including phenoxy) is 1. The molecule has 152 valence electrons. The number of hydrogen-bond acceptors (Lipinski definition) is 6. The third-order valence-electron chi connectivity index (χ3n) is 4.39. The van der Waals surface area contributed by atoms with Gasteiger partial charge in [-0.2, -0.15) is 14.6 Å². The number of aromatic nitrogens is 3. The number of halogens is 1. The van der Waals surface area contributed by atoms with Gasteiger partial charge in [-0.1, -0.05) is 54.1 Å². The van der Waals surface area contributed by atoms with Crippen molar-refractivity contribution < 1.29 is 4.74 Å². The van der Waals surface area contributed by atoms with Crippen molar-refractivity contribution in [3.63, 3.8) is 0 Å². The minimum absolute atomic E-state index is 0.225. The quantitative estimate of drug-likeness (QED) is 0.461. The van der Waals surface area contributed by atoms with Gasteiger partial charge in [0, 0.05) is 11.4 Å². The van der Waals surface area contributed by atoms with Gasteiger partial charge in [-0.05, 0) is 47.9 Å². The fourth-order valence-electron chi connectivity index (χ4n) is 2.88. The first kappa shape index (κ1) is 20.3. The van der Waals surface area contributed by atoms with Crippen LogP contribution in [0.3, 0.4) is 0 Å². The van der Waals surface area contributed by atoms with Crippen molar-refractivity contribution in [2.24, 2.45) is 0 Å². The van der Waals surface area contributed by atoms with E-state index in [-0.39, 0.29) is 22.6 Å². The molecular formula is C22H18ClN3O3S. The van der Waals surface area contributed by atoms with Crippen LogP contribution in [0.1, 0.15) is 30.2 Å². The van der Waals surface area contributed by atoms with E-state index in [0.717, 1.165) is 34.6 Å². The highest BCUT2D eigenvalue weighted by molar-refractivity contribution is 7.15. The second kappa shape index (κ2) is 8.77. The molecular weight excluding hydrogens is 422 g/mol. The number of rotatable bonds is 6. The lowest BCUT2D eigenvalue weighted by Gasteiger charge is -2.05. The molecule has 0 bridgehead atoms. The maximum atomic E-state index is 12.8. The maximum absolute atomic E-state index is 12.8. The molecule has 2 aromatic heterocycles. The van der Waals surface area contributed by atoms with Gasteiger partial charge in [0.2, 0.25) is 4.96 Å². The van der Waals surface area contributed by atoms with Crippen LogP contribution in [0.15, 0.2) is 58.1 Å². The fourth-order valence-corrected chi connectivity index (χ4v) is 3.91. The summed E-state index contributed by atoms with van der Waals surface area (Å²) in [6.45, 7) is 2.70. The van der Waals surface area contributed by atoms with E-state index in [9.17, 15) is 9.59 Å². The maximum Gasteiger partial charge on any atom is 0.296 e. The zero-order valence-electron chi connectivity index (χ0n) is 16.2. The summed E-state index contributed by atoms with van der Waals surface area (Å²) >= 11 is 7.04. The summed E-state index contributed by atoms with van der Waals surface area (Å²) in [5.74, 6) is 0.779. The average Bonchev–Trinajstić information content (AvgIpc) is 3.04. The molecule has 0 saturated heterocycles. The first-order chi connectivity index (χ1) is 14.5. The zero-order chi connectivity index (χ0) is 21.1. The summed E-state index contributed by atoms with van der Waals surface area (Å²) in [6, 6.07) is 14.6. The Balaban J connectivity index is 1.66. The van der Waals surface area contributed by atoms with Crippen molar-refractivity contribution in [2.75, 3.05) is 6.61 Å². The molecule has 0 amide bonds. The average molecular weight is 440 g/mol. The lowest BCUT2D eigenvalue weighted by Crippen LogP contribution is -2.28. The molecule has 4 rings (SSSR count). The van der Waals surface area contributed by atoms with Gasteiger partial charge in [-0.15, -0.1) is 0 Å². The Morgan fingerprint density at radius 2 is 1.83 bits per heavy atom. The van der Waals surface area contributed by atoms with E-state index in [1.54, 1.807) is 18.2 Å². The lowest BCUT2D eigenvalue weighted by molar-refractivity contribution is 0.317. The number of fused-ring (bicyclic) bond motifs is 1. The van der Waals surface area contributed by atoms with E-state index < -0.39 is 5.56 Å². The smallest absolute Gasteiger partial charge is 0.296 e. The molecule has 2 heterocycles. The second-order valence-corrected chi connectivity index (χ2v) is 8.14. The van der Waals surface area contributed by atoms with Crippen molar-refractivity contribution >= 4 is 34.0 Å². The van der Waals surface area contributed by atoms with Gasteiger partial charge in [0.05, 0.1) is 11.1 Å². The van der Waals surface area contributed by atoms with Gasteiger partial charge in [0.15, 0.2) is 0 Å². The van der Waals surface area contributed by atoms with E-state index >= 15 is 0 Å². The van der Waals surface area contributed by atoms with Gasteiger partial charge in [-0.3, -0.25) is 9.59 Å². The molecule has 0 unspecified atom stereocenters. The predicted molar refractivity (Wildman–Crippen MR) is 119 cm³/mol. The Bertz CT molecular complexity index is 1350. The molecule has 0 aliphatic carbocycles. The summed E-state index contributed by atoms with van der Waals surface area (Å²) in [5.41, 5.74) is 1.21. The minimum atomic E-state index is -0.430. The van der Waals surface area contributed by atoms with Crippen LogP contribution in [-0.4, -0.2) is 21.2 Å². The molecule has 0 fully saturated rings. The minimum Gasteiger partial charge on any atom is -0.494 e. The second-order valence-electron chi connectivity index (χ2n) is 6.69. The van der Waals surface area contributed by atoms with Crippen molar-refractivity contribution in [2.45, 2.75) is 19.8 Å². The zero-order valence-corrected chi connectivity index (χ0v) is 17.7. The Morgan fingerprint density at radius 3 is 2.53 bits per heavy atom. The van der Waals surface area contributed by atoms with Crippen LogP contribution < -0.4 is 20.4 Å². The van der Waals surface area contributed by atoms with E-state index in [4.69, 9.17) is 16.3 Å². The highest BCUT2D eigenvalue weighted by Crippen LogP contribution is 2.14. The van der Waals surface area contributed by atoms with Crippen LogP contribution in [0.5, 0.6) is 5.75 Å². The Kier molecular flexibility index (Phi) is 5.92. The molecule has 0 N–H and O–H groups in total. The molecule has 8 heteroatoms. The van der Waals surface area contributed by atoms with E-state index in [2.05, 4.69) is 10.1 Å². The highest BCUT2D eigenvalue weighted by atomic mass is 35.5. The molecule has 30 heavy (non-hydrogen) atoms. The molecule has 2 aromatic carbocycles. The fraction of sp³-hybridized carbons (Fsp3) is 0.182. The molecule has 0 saturated carbocycles. The van der Waals surface area contributed by atoms with Crippen LogP contribution in [-0.2, 0) is 6.42 Å². The number of thiazole rings is 1. The van der Waals surface area contributed by atoms with Gasteiger partial charge in [-0.25, -0.2) is 0 Å². The number of hydrogen-bond donors (Lipinski definition) is 0. The molecule has 6 nitrogen and oxygen atoms in total. The number of benzene rings is 2. The molecule has 0 radical (unpaired) electrons. The monoisotopic (exact) mass is 439 g/mol. The van der Waals surface area contributed by atoms with Crippen molar-refractivity contribution in [3.05, 3.63) is 95.6 Å². The normalized spacial score (nSPS) is 11.9. The molecule has 0 spiro atoms. The summed E-state index contributed by atoms with van der Waals surface area (Å²) < 4.78 is 7.22. The van der Waals surface area contributed by atoms with Gasteiger partial charge in [0.1, 0.15) is 11.4 Å². The third-order valence-corrected chi connectivity index (χ3v) is 5.60. The first-order valence-electron chi connectivity index (χ1n) is 9.45. The van der Waals surface area contributed by atoms with Crippen LogP contribution in [0.4, 0.5) is 0 Å². The van der Waals surface area contributed by atoms with E-state index in [1.165, 1.54) is 4.52 Å². The summed E-state index contributed by atoms with van der Waals surface area (Å²) in [6.07, 6.45) is 2.96. The summed E-state index contributed by atoms with van der Waals surface area (Å²) in [7, 11) is 0. The predicted octanol–water partition coefficient (Wildman–Crippen LogP) is 3.09. The highest BCUT2D eigenvalue weighted by Gasteiger charge is 2.12. The van der Waals surface area contributed by atoms with E-state index in [1.807, 2.05) is 43.3 Å². The summed E-state index contributed by atoms with van der Waals surface area (Å²) in [4.78, 5) is 29.5. The van der Waals surface area contributed by atoms with Gasteiger partial charge in [0.25, 0.3) is 11.1 Å². The SMILES string of the molecule is CCCOc1ccc(Cc2nn3c(=O)/c(=C\c4ccc(Cl)cc4)sc3nc2=O)cc1. The first-order valence-corrected chi connectivity index (χ1v) is 10.6. The summed E-state index contributed by atoms with van der Waals surface area (Å²) in [5, 5.41) is 4.90. The van der Waals surface area contributed by atoms with Crippen LogP contribution >= 0.6 is 22.9 Å². The van der Waals surface area contributed by atoms with Crippen LogP contribution in [0.2, 0.25) is 5.02 Å². The van der Waals surface area contributed by atoms with Gasteiger partial charge >= 0.3 is 0 Å². The molecule has 0 atom stereocenters. The topological polar surface area (TPSA) is 73.6 Å². The molecule has 0 aliphatic heterocycles. The van der Waals surface area contributed by atoms with Crippen molar-refractivity contribution in [1.82, 2.24) is 14.6 Å². The number of nitrogens with zero attached hydrogens (tertiary/aromatic N) is 3. The van der Waals surface area contributed by atoms with Crippen molar-refractivity contribution in [3.8, 4) is 5.75 Å². The standard InChI is InChI=1S/C22H18ClN3O3S/c1-2-11-29-17-9-5-14(6-10-17)12-18-20(27)24-22-26(25-18)21(28)19(30-22)13-15-3-7-16(23)8-4-15/h3-10,13H,2,11-12H2,1H3/b19-13+. The molecule has 4 aromatic rings.